The van der Waals surface area contributed by atoms with Crippen LogP contribution in [0, 0.1) is 0 Å². The fourth-order valence-corrected chi connectivity index (χ4v) is 3.90. The highest BCUT2D eigenvalue weighted by atomic mass is 16.6. The third-order valence-corrected chi connectivity index (χ3v) is 5.88. The molecule has 0 aliphatic heterocycles. The number of carbonyl (C=O) groups is 5. The molecule has 0 heterocycles. The third kappa shape index (κ3) is 19.8. The molecular formula is C32H52N4O9. The van der Waals surface area contributed by atoms with Gasteiger partial charge < -0.3 is 40.2 Å². The van der Waals surface area contributed by atoms with E-state index in [1.54, 1.807) is 48.5 Å². The maximum absolute atomic E-state index is 13.4. The van der Waals surface area contributed by atoms with Gasteiger partial charge in [-0.3, -0.25) is 4.79 Å². The summed E-state index contributed by atoms with van der Waals surface area (Å²) in [7, 11) is 0. The fraction of sp³-hybridized carbons (Fsp3) is 0.656. The van der Waals surface area contributed by atoms with Crippen molar-refractivity contribution >= 4 is 30.2 Å². The van der Waals surface area contributed by atoms with Crippen LogP contribution in [0.25, 0.3) is 0 Å². The van der Waals surface area contributed by atoms with E-state index in [0.717, 1.165) is 5.56 Å². The smallest absolute Gasteiger partial charge is 0.408 e. The molecule has 4 amide bonds. The van der Waals surface area contributed by atoms with Crippen LogP contribution in [-0.2, 0) is 35.1 Å². The molecule has 0 saturated carbocycles. The van der Waals surface area contributed by atoms with Gasteiger partial charge >= 0.3 is 24.2 Å². The average molecular weight is 637 g/mol. The number of esters is 1. The molecule has 0 bridgehead atoms. The summed E-state index contributed by atoms with van der Waals surface area (Å²) in [6.07, 6.45) is 0.611. The van der Waals surface area contributed by atoms with Gasteiger partial charge in [-0.2, -0.15) is 0 Å². The van der Waals surface area contributed by atoms with E-state index in [4.69, 9.17) is 18.9 Å². The molecule has 2 atom stereocenters. The number of nitrogens with one attached hydrogen (secondary N) is 4. The molecule has 0 unspecified atom stereocenters. The number of ether oxygens (including phenoxy) is 4. The van der Waals surface area contributed by atoms with Crippen molar-refractivity contribution in [2.24, 2.45) is 0 Å². The Morgan fingerprint density at radius 1 is 0.667 bits per heavy atom. The Morgan fingerprint density at radius 2 is 1.18 bits per heavy atom. The Bertz CT molecular complexity index is 1070. The molecule has 0 spiro atoms. The first-order chi connectivity index (χ1) is 21.1. The summed E-state index contributed by atoms with van der Waals surface area (Å²) >= 11 is 0. The van der Waals surface area contributed by atoms with E-state index < -0.39 is 53.4 Å². The van der Waals surface area contributed by atoms with Gasteiger partial charge in [-0.15, -0.1) is 0 Å². The molecule has 254 valence electrons. The number of hydrogen-bond acceptors (Lipinski definition) is 9. The average Bonchev–Trinajstić information content (AvgIpc) is 2.93. The van der Waals surface area contributed by atoms with E-state index >= 15 is 0 Å². The molecule has 0 radical (unpaired) electrons. The molecule has 1 rings (SSSR count). The van der Waals surface area contributed by atoms with Gasteiger partial charge in [0.2, 0.25) is 5.91 Å². The van der Waals surface area contributed by atoms with Crippen LogP contribution in [0.5, 0.6) is 0 Å². The number of hydrogen-bond donors (Lipinski definition) is 4. The molecule has 0 aliphatic carbocycles. The minimum Gasteiger partial charge on any atom is -0.464 e. The molecule has 0 aliphatic rings. The summed E-state index contributed by atoms with van der Waals surface area (Å²) in [5.41, 5.74) is -0.455. The predicted octanol–water partition coefficient (Wildman–Crippen LogP) is 4.72. The van der Waals surface area contributed by atoms with Crippen LogP contribution in [0.3, 0.4) is 0 Å². The van der Waals surface area contributed by atoms with E-state index in [9.17, 15) is 24.0 Å². The van der Waals surface area contributed by atoms with Crippen LogP contribution >= 0.6 is 0 Å². The van der Waals surface area contributed by atoms with E-state index in [2.05, 4.69) is 21.3 Å². The molecule has 1 aromatic carbocycles. The molecule has 4 N–H and O–H groups in total. The highest BCUT2D eigenvalue weighted by molar-refractivity contribution is 5.89. The number of unbranched alkanes of at least 4 members (excludes halogenated alkanes) is 2. The molecule has 45 heavy (non-hydrogen) atoms. The normalized spacial score (nSPS) is 12.6. The van der Waals surface area contributed by atoms with Gasteiger partial charge in [-0.25, -0.2) is 19.2 Å². The van der Waals surface area contributed by atoms with Crippen LogP contribution in [0.4, 0.5) is 14.4 Å². The highest BCUT2D eigenvalue weighted by Gasteiger charge is 2.28. The lowest BCUT2D eigenvalue weighted by Gasteiger charge is -2.23. The van der Waals surface area contributed by atoms with Crippen molar-refractivity contribution in [1.82, 2.24) is 21.3 Å². The largest absolute Gasteiger partial charge is 0.464 e. The standard InChI is InChI=1S/C32H52N4O9/c1-8-42-27(38)25(19-13-15-21-34-29(40)45-32(5,6)7)35-26(37)24(18-12-14-20-33-28(39)44-31(2,3)4)36-30(41)43-22-23-16-10-9-11-17-23/h9-11,16-17,24-25H,8,12-15,18-22H2,1-7H3,(H,33,39)(H,34,40)(H,35,37)(H,36,41)/t24-,25-/m0/s1. The van der Waals surface area contributed by atoms with Crippen molar-refractivity contribution in [2.75, 3.05) is 19.7 Å². The summed E-state index contributed by atoms with van der Waals surface area (Å²) in [6.45, 7) is 13.1. The number of amides is 4. The first-order valence-corrected chi connectivity index (χ1v) is 15.5. The van der Waals surface area contributed by atoms with Gasteiger partial charge in [0.05, 0.1) is 6.61 Å². The lowest BCUT2D eigenvalue weighted by atomic mass is 10.1. The maximum atomic E-state index is 13.4. The zero-order chi connectivity index (χ0) is 33.9. The minimum atomic E-state index is -1.01. The van der Waals surface area contributed by atoms with Crippen LogP contribution in [0.2, 0.25) is 0 Å². The summed E-state index contributed by atoms with van der Waals surface area (Å²) in [5, 5.41) is 10.6. The predicted molar refractivity (Wildman–Crippen MR) is 168 cm³/mol. The zero-order valence-electron chi connectivity index (χ0n) is 27.8. The summed E-state index contributed by atoms with van der Waals surface area (Å²) in [4.78, 5) is 62.4. The van der Waals surface area contributed by atoms with E-state index in [0.29, 0.717) is 38.8 Å². The van der Waals surface area contributed by atoms with E-state index in [-0.39, 0.29) is 26.1 Å². The SMILES string of the molecule is CCOC(=O)[C@H](CCCCNC(=O)OC(C)(C)C)NC(=O)[C@H](CCCCNC(=O)OC(C)(C)C)NC(=O)OCc1ccccc1. The topological polar surface area (TPSA) is 170 Å². The van der Waals surface area contributed by atoms with Crippen LogP contribution in [0.1, 0.15) is 92.6 Å². The Hall–Kier alpha value is -4.03. The second-order valence-corrected chi connectivity index (χ2v) is 12.4. The number of benzene rings is 1. The number of carbonyl (C=O) groups excluding carboxylic acids is 5. The summed E-state index contributed by atoms with van der Waals surface area (Å²) in [5.74, 6) is -1.17. The highest BCUT2D eigenvalue weighted by Crippen LogP contribution is 2.10. The molecule has 13 nitrogen and oxygen atoms in total. The van der Waals surface area contributed by atoms with Crippen LogP contribution in [-0.4, -0.2) is 73.1 Å². The maximum Gasteiger partial charge on any atom is 0.408 e. The Balaban J connectivity index is 2.78. The van der Waals surface area contributed by atoms with Crippen molar-refractivity contribution in [1.29, 1.82) is 0 Å². The van der Waals surface area contributed by atoms with E-state index in [1.807, 2.05) is 30.3 Å². The zero-order valence-corrected chi connectivity index (χ0v) is 27.8. The Labute approximate surface area is 266 Å². The van der Waals surface area contributed by atoms with E-state index in [1.165, 1.54) is 0 Å². The summed E-state index contributed by atoms with van der Waals surface area (Å²) < 4.78 is 20.9. The van der Waals surface area contributed by atoms with Crippen molar-refractivity contribution in [3.63, 3.8) is 0 Å². The van der Waals surface area contributed by atoms with Crippen molar-refractivity contribution < 1.29 is 42.9 Å². The first-order valence-electron chi connectivity index (χ1n) is 15.5. The lowest BCUT2D eigenvalue weighted by Crippen LogP contribution is -2.52. The molecule has 1 aromatic rings. The number of alkyl carbamates (subject to hydrolysis) is 3. The Kier molecular flexibility index (Phi) is 17.4. The molecule has 0 saturated heterocycles. The monoisotopic (exact) mass is 636 g/mol. The summed E-state index contributed by atoms with van der Waals surface area (Å²) in [6, 6.07) is 7.13. The molecular weight excluding hydrogens is 584 g/mol. The van der Waals surface area contributed by atoms with Crippen LogP contribution < -0.4 is 21.3 Å². The van der Waals surface area contributed by atoms with Gasteiger partial charge in [-0.05, 0) is 92.6 Å². The fourth-order valence-electron chi connectivity index (χ4n) is 3.90. The van der Waals surface area contributed by atoms with Crippen LogP contribution in [0.15, 0.2) is 30.3 Å². The molecule has 13 heteroatoms. The van der Waals surface area contributed by atoms with Crippen molar-refractivity contribution in [3.8, 4) is 0 Å². The van der Waals surface area contributed by atoms with Gasteiger partial charge in [0, 0.05) is 13.1 Å². The van der Waals surface area contributed by atoms with Gasteiger partial charge in [0.1, 0.15) is 29.9 Å². The van der Waals surface area contributed by atoms with Gasteiger partial charge in [-0.1, -0.05) is 30.3 Å². The first kappa shape index (κ1) is 39.0. The lowest BCUT2D eigenvalue weighted by molar-refractivity contribution is -0.147. The number of rotatable bonds is 17. The molecule has 0 fully saturated rings. The quantitative estimate of drug-likeness (QED) is 0.107. The van der Waals surface area contributed by atoms with Crippen molar-refractivity contribution in [2.45, 2.75) is 117 Å². The third-order valence-electron chi connectivity index (χ3n) is 5.88. The second-order valence-electron chi connectivity index (χ2n) is 12.4. The van der Waals surface area contributed by atoms with Crippen molar-refractivity contribution in [3.05, 3.63) is 35.9 Å². The minimum absolute atomic E-state index is 0.0175. The Morgan fingerprint density at radius 3 is 1.67 bits per heavy atom. The second kappa shape index (κ2) is 20.1. The molecule has 0 aromatic heterocycles. The van der Waals surface area contributed by atoms with Gasteiger partial charge in [0.15, 0.2) is 0 Å². The van der Waals surface area contributed by atoms with Gasteiger partial charge in [0.25, 0.3) is 0 Å².